The molecule has 0 N–H and O–H groups in total. The van der Waals surface area contributed by atoms with Gasteiger partial charge in [0.15, 0.2) is 0 Å². The van der Waals surface area contributed by atoms with Crippen molar-refractivity contribution in [2.24, 2.45) is 0 Å². The monoisotopic (exact) mass is 825 g/mol. The molecule has 1 aliphatic carbocycles. The summed E-state index contributed by atoms with van der Waals surface area (Å²) < 4.78 is 9.44. The van der Waals surface area contributed by atoms with E-state index in [1.807, 2.05) is 0 Å². The van der Waals surface area contributed by atoms with Crippen molar-refractivity contribution in [2.45, 2.75) is 58.3 Å². The third-order valence-electron chi connectivity index (χ3n) is 14.8. The number of aromatic nitrogens is 1. The highest BCUT2D eigenvalue weighted by Crippen LogP contribution is 2.54. The standard InChI is InChI=1S/C59H48BN3O/c1-37-25-27-42(28-26-37)63-50-35-47-46(58(2,3)29-30-59(47,4)5)33-44(50)45-34-52(61(40-19-11-7-12-20-40)41-21-13-8-14-22-41)55-43-23-15-16-24-49(43)62-51-31-39-32-53(38-17-9-6-10-18-38)64-54(39)36-48(51)60(63)56(45)57(55)62/h6-28,31-36H,29-30H2,1-5H3. The third kappa shape index (κ3) is 5.30. The lowest BCUT2D eigenvalue weighted by Crippen LogP contribution is -2.60. The molecule has 10 aromatic rings. The summed E-state index contributed by atoms with van der Waals surface area (Å²) in [5.41, 5.74) is 20.8. The van der Waals surface area contributed by atoms with Crippen molar-refractivity contribution in [1.82, 2.24) is 4.57 Å². The van der Waals surface area contributed by atoms with E-state index in [-0.39, 0.29) is 17.7 Å². The second kappa shape index (κ2) is 13.4. The minimum atomic E-state index is -0.150. The van der Waals surface area contributed by atoms with Crippen LogP contribution in [0.25, 0.3) is 60.9 Å². The fourth-order valence-electron chi connectivity index (χ4n) is 11.5. The third-order valence-corrected chi connectivity index (χ3v) is 14.8. The number of hydrogen-bond acceptors (Lipinski definition) is 3. The van der Waals surface area contributed by atoms with Crippen molar-refractivity contribution in [3.63, 3.8) is 0 Å². The number of nitrogens with zero attached hydrogens (tertiary/aromatic N) is 3. The highest BCUT2D eigenvalue weighted by Gasteiger charge is 2.47. The van der Waals surface area contributed by atoms with Gasteiger partial charge in [0.2, 0.25) is 0 Å². The van der Waals surface area contributed by atoms with E-state index in [0.717, 1.165) is 46.5 Å². The lowest BCUT2D eigenvalue weighted by molar-refractivity contribution is 0.332. The molecule has 0 spiro atoms. The predicted octanol–water partition coefficient (Wildman–Crippen LogP) is 14.6. The van der Waals surface area contributed by atoms with Crippen LogP contribution in [0.3, 0.4) is 0 Å². The van der Waals surface area contributed by atoms with Crippen LogP contribution in [0, 0.1) is 6.92 Å². The molecule has 4 nitrogen and oxygen atoms in total. The number of furan rings is 1. The molecule has 0 radical (unpaired) electrons. The quantitative estimate of drug-likeness (QED) is 0.162. The van der Waals surface area contributed by atoms with Gasteiger partial charge in [-0.05, 0) is 137 Å². The van der Waals surface area contributed by atoms with Gasteiger partial charge in [-0.2, -0.15) is 0 Å². The van der Waals surface area contributed by atoms with Crippen LogP contribution in [0.15, 0.2) is 180 Å². The van der Waals surface area contributed by atoms with Gasteiger partial charge in [-0.25, -0.2) is 0 Å². The molecule has 0 unspecified atom stereocenters. The van der Waals surface area contributed by atoms with Crippen LogP contribution < -0.4 is 20.6 Å². The Morgan fingerprint density at radius 1 is 0.594 bits per heavy atom. The van der Waals surface area contributed by atoms with Crippen molar-refractivity contribution in [1.29, 1.82) is 0 Å². The van der Waals surface area contributed by atoms with Crippen LogP contribution in [-0.4, -0.2) is 11.4 Å². The zero-order chi connectivity index (χ0) is 43.1. The average molecular weight is 826 g/mol. The van der Waals surface area contributed by atoms with Gasteiger partial charge in [0.05, 0.1) is 16.7 Å². The second-order valence-electron chi connectivity index (χ2n) is 19.7. The number of hydrogen-bond donors (Lipinski definition) is 0. The highest BCUT2D eigenvalue weighted by atomic mass is 16.3. The van der Waals surface area contributed by atoms with Crippen molar-refractivity contribution in [3.8, 4) is 28.1 Å². The molecule has 0 atom stereocenters. The largest absolute Gasteiger partial charge is 0.456 e. The second-order valence-corrected chi connectivity index (χ2v) is 19.7. The Balaban J connectivity index is 1.23. The SMILES string of the molecule is Cc1ccc(N2B3c4cc5oc(-c6ccccc6)cc5cc4-n4c5ccccc5c5c(N(c6ccccc6)c6ccccc6)cc(c3c54)-c3cc4c(cc32)C(C)(C)CCC4(C)C)cc1. The summed E-state index contributed by atoms with van der Waals surface area (Å²) in [6, 6.07) is 65.3. The summed E-state index contributed by atoms with van der Waals surface area (Å²) in [5.74, 6) is 0.878. The van der Waals surface area contributed by atoms with Crippen LogP contribution in [-0.2, 0) is 10.8 Å². The van der Waals surface area contributed by atoms with Crippen LogP contribution in [0.4, 0.5) is 28.4 Å². The first-order valence-corrected chi connectivity index (χ1v) is 22.8. The molecular formula is C59H48BN3O. The van der Waals surface area contributed by atoms with Gasteiger partial charge in [0.1, 0.15) is 11.3 Å². The van der Waals surface area contributed by atoms with Crippen LogP contribution >= 0.6 is 0 Å². The van der Waals surface area contributed by atoms with E-state index >= 15 is 0 Å². The number of anilines is 5. The summed E-state index contributed by atoms with van der Waals surface area (Å²) >= 11 is 0. The Morgan fingerprint density at radius 3 is 1.91 bits per heavy atom. The van der Waals surface area contributed by atoms with Gasteiger partial charge < -0.3 is 18.7 Å². The van der Waals surface area contributed by atoms with E-state index < -0.39 is 0 Å². The van der Waals surface area contributed by atoms with E-state index in [1.165, 1.54) is 83.3 Å². The molecule has 2 aromatic heterocycles. The zero-order valence-corrected chi connectivity index (χ0v) is 37.0. The lowest BCUT2D eigenvalue weighted by Gasteiger charge is -2.46. The number of aryl methyl sites for hydroxylation is 1. The predicted molar refractivity (Wildman–Crippen MR) is 270 cm³/mol. The van der Waals surface area contributed by atoms with E-state index in [0.29, 0.717) is 0 Å². The van der Waals surface area contributed by atoms with E-state index in [1.54, 1.807) is 0 Å². The first-order valence-electron chi connectivity index (χ1n) is 22.8. The summed E-state index contributed by atoms with van der Waals surface area (Å²) in [4.78, 5) is 5.16. The van der Waals surface area contributed by atoms with Gasteiger partial charge in [-0.15, -0.1) is 0 Å². The smallest absolute Gasteiger partial charge is 0.333 e. The van der Waals surface area contributed by atoms with Gasteiger partial charge in [0.25, 0.3) is 0 Å². The maximum atomic E-state index is 6.86. The summed E-state index contributed by atoms with van der Waals surface area (Å²) in [6.45, 7) is 11.8. The Bertz CT molecular complexity index is 3470. The number of rotatable bonds is 5. The topological polar surface area (TPSA) is 24.6 Å². The zero-order valence-electron chi connectivity index (χ0n) is 37.0. The van der Waals surface area contributed by atoms with Gasteiger partial charge in [0, 0.05) is 55.7 Å². The molecular weight excluding hydrogens is 777 g/mol. The van der Waals surface area contributed by atoms with Crippen molar-refractivity contribution in [3.05, 3.63) is 193 Å². The van der Waals surface area contributed by atoms with Crippen LogP contribution in [0.1, 0.15) is 57.2 Å². The Morgan fingerprint density at radius 2 is 1.22 bits per heavy atom. The highest BCUT2D eigenvalue weighted by molar-refractivity contribution is 6.94. The lowest BCUT2D eigenvalue weighted by atomic mass is 9.43. The normalized spacial score (nSPS) is 15.3. The van der Waals surface area contributed by atoms with E-state index in [4.69, 9.17) is 4.42 Å². The van der Waals surface area contributed by atoms with Crippen LogP contribution in [0.5, 0.6) is 0 Å². The Hall–Kier alpha value is -7.24. The number of fused-ring (bicyclic) bond motifs is 10. The van der Waals surface area contributed by atoms with Gasteiger partial charge >= 0.3 is 6.85 Å². The van der Waals surface area contributed by atoms with Crippen molar-refractivity contribution in [2.75, 3.05) is 9.71 Å². The summed E-state index contributed by atoms with van der Waals surface area (Å²) in [5, 5.41) is 3.58. The molecule has 2 aliphatic heterocycles. The molecule has 13 rings (SSSR count). The average Bonchev–Trinajstić information content (AvgIpc) is 3.90. The molecule has 5 heteroatoms. The first kappa shape index (κ1) is 37.3. The van der Waals surface area contributed by atoms with Crippen molar-refractivity contribution >= 4 is 79.0 Å². The van der Waals surface area contributed by atoms with Gasteiger partial charge in [-0.3, -0.25) is 0 Å². The molecule has 4 heterocycles. The van der Waals surface area contributed by atoms with Crippen molar-refractivity contribution < 1.29 is 4.42 Å². The molecule has 64 heavy (non-hydrogen) atoms. The minimum absolute atomic E-state index is 0.0245. The first-order chi connectivity index (χ1) is 31.1. The summed E-state index contributed by atoms with van der Waals surface area (Å²) in [7, 11) is 0. The maximum absolute atomic E-state index is 6.86. The Labute approximate surface area is 375 Å². The fraction of sp³-hybridized carbons (Fsp3) is 0.153. The fourth-order valence-corrected chi connectivity index (χ4v) is 11.5. The van der Waals surface area contributed by atoms with Gasteiger partial charge in [-0.1, -0.05) is 130 Å². The molecule has 3 aliphatic rings. The maximum Gasteiger partial charge on any atom is 0.333 e. The Kier molecular flexibility index (Phi) is 7.81. The van der Waals surface area contributed by atoms with Crippen LogP contribution in [0.2, 0.25) is 0 Å². The molecule has 8 aromatic carbocycles. The molecule has 0 fully saturated rings. The molecule has 0 saturated heterocycles. The molecule has 0 amide bonds. The van der Waals surface area contributed by atoms with E-state index in [2.05, 4.69) is 225 Å². The molecule has 308 valence electrons. The minimum Gasteiger partial charge on any atom is -0.456 e. The number of benzene rings is 8. The molecule has 0 saturated carbocycles. The number of para-hydroxylation sites is 3. The summed E-state index contributed by atoms with van der Waals surface area (Å²) in [6.07, 6.45) is 2.29. The molecule has 0 bridgehead atoms. The van der Waals surface area contributed by atoms with E-state index in [9.17, 15) is 0 Å².